The molecule has 0 spiro atoms. The van der Waals surface area contributed by atoms with E-state index in [1.54, 1.807) is 33.8 Å². The van der Waals surface area contributed by atoms with Gasteiger partial charge in [0.25, 0.3) is 0 Å². The van der Waals surface area contributed by atoms with Crippen molar-refractivity contribution in [3.05, 3.63) is 35.9 Å². The van der Waals surface area contributed by atoms with Crippen LogP contribution in [0, 0.1) is 17.8 Å². The lowest BCUT2D eigenvalue weighted by Crippen LogP contribution is -2.62. The molecule has 0 unspecified atom stereocenters. The molecule has 0 radical (unpaired) electrons. The highest BCUT2D eigenvalue weighted by atomic mass is 16.5. The number of hydrogen-bond acceptors (Lipinski definition) is 17. The molecule has 12 atom stereocenters. The number of aliphatic imine (C=N–C) groups is 1. The molecular weight excluding hydrogens is 975 g/mol. The lowest BCUT2D eigenvalue weighted by molar-refractivity contribution is -0.157. The molecule has 0 bridgehead atoms. The second kappa shape index (κ2) is 32.2. The molecule has 0 fully saturated rings. The van der Waals surface area contributed by atoms with Crippen LogP contribution in [0.15, 0.2) is 35.3 Å². The first-order valence-electron chi connectivity index (χ1n) is 23.9. The van der Waals surface area contributed by atoms with Crippen LogP contribution in [0.3, 0.4) is 0 Å². The molecule has 21 N–H and O–H groups in total. The van der Waals surface area contributed by atoms with E-state index >= 15 is 0 Å². The van der Waals surface area contributed by atoms with Crippen molar-refractivity contribution in [3.8, 4) is 0 Å². The van der Waals surface area contributed by atoms with Crippen LogP contribution in [0.25, 0.3) is 0 Å². The first kappa shape index (κ1) is 65.0. The minimum absolute atomic E-state index is 0.0482. The summed E-state index contributed by atoms with van der Waals surface area (Å²) in [7, 11) is 0. The second-order valence-electron chi connectivity index (χ2n) is 18.4. The maximum Gasteiger partial charge on any atom is 0.331 e. The van der Waals surface area contributed by atoms with Gasteiger partial charge in [0, 0.05) is 6.54 Å². The third-order valence-corrected chi connectivity index (χ3v) is 11.4. The fourth-order valence-corrected chi connectivity index (χ4v) is 6.77. The smallest absolute Gasteiger partial charge is 0.331 e. The highest BCUT2D eigenvalue weighted by Crippen LogP contribution is 2.21. The van der Waals surface area contributed by atoms with Gasteiger partial charge in [-0.25, -0.2) is 4.79 Å². The zero-order chi connectivity index (χ0) is 56.6. The Labute approximate surface area is 428 Å². The number of nitrogens with zero attached hydrogens (tertiary/aromatic N) is 1. The standard InChI is InChI=1S/C46H77N13O15/c1-8-23(6)33(58-40(68)26(15-12-16-52-46(50)51)55-41(69)27(17-21(2)3)54-30(63)18-29(62)22(4)5)43(71)59-34(24(7)61)42(70)53-19-31(64)57-35(36(65)39(49)67)44(72)56-28(20-60)45(73)74-37(32(47)38(48)66)25-13-10-9-11-14-25/h9-11,13-14,21-24,26-29,32-37,60-62,65H,8,12,15-20,47H2,1-7H3,(H2,48,66)(H2,49,67)(H,53,70)(H,54,63)(H,55,69)(H,56,72)(H,57,64)(H,58,68)(H,59,71)(H4,50,51,52)/t23-,24-,26+,27-,28-,29-,32-,33-,34-,35-,36-,37+/m0/s1. The third kappa shape index (κ3) is 22.4. The van der Waals surface area contributed by atoms with E-state index in [1.807, 2.05) is 24.5 Å². The lowest BCUT2D eigenvalue weighted by Gasteiger charge is -2.30. The van der Waals surface area contributed by atoms with Crippen LogP contribution in [0.2, 0.25) is 0 Å². The number of hydrogen-bond donors (Lipinski definition) is 16. The van der Waals surface area contributed by atoms with Crippen LogP contribution in [0.5, 0.6) is 0 Å². The Kier molecular flexibility index (Phi) is 28.3. The van der Waals surface area contributed by atoms with Crippen LogP contribution >= 0.6 is 0 Å². The fraction of sp³-hybridized carbons (Fsp3) is 0.630. The number of aliphatic hydroxyl groups is 4. The number of ether oxygens (including phenoxy) is 1. The molecule has 9 amide bonds. The first-order chi connectivity index (χ1) is 34.6. The molecule has 0 saturated carbocycles. The maximum absolute atomic E-state index is 14.0. The lowest BCUT2D eigenvalue weighted by atomic mass is 9.96. The number of carbonyl (C=O) groups is 10. The van der Waals surface area contributed by atoms with Gasteiger partial charge in [-0.1, -0.05) is 78.3 Å². The largest absolute Gasteiger partial charge is 0.454 e. The van der Waals surface area contributed by atoms with Gasteiger partial charge in [0.05, 0.1) is 31.8 Å². The molecule has 0 aliphatic heterocycles. The van der Waals surface area contributed by atoms with Crippen molar-refractivity contribution in [2.45, 2.75) is 147 Å². The van der Waals surface area contributed by atoms with Crippen LogP contribution in [0.4, 0.5) is 0 Å². The van der Waals surface area contributed by atoms with Gasteiger partial charge in [0.1, 0.15) is 36.3 Å². The highest BCUT2D eigenvalue weighted by molar-refractivity contribution is 5.98. The van der Waals surface area contributed by atoms with E-state index < -0.39 is 145 Å². The van der Waals surface area contributed by atoms with Crippen molar-refractivity contribution in [1.82, 2.24) is 37.2 Å². The van der Waals surface area contributed by atoms with E-state index in [-0.39, 0.29) is 62.0 Å². The molecule has 0 aromatic heterocycles. The minimum Gasteiger partial charge on any atom is -0.454 e. The van der Waals surface area contributed by atoms with Crippen molar-refractivity contribution in [1.29, 1.82) is 0 Å². The number of guanidine groups is 1. The van der Waals surface area contributed by atoms with Crippen molar-refractivity contribution in [2.75, 3.05) is 19.7 Å². The number of rotatable bonds is 33. The Morgan fingerprint density at radius 3 is 1.74 bits per heavy atom. The van der Waals surface area contributed by atoms with Gasteiger partial charge < -0.3 is 91.0 Å². The number of primary amides is 2. The van der Waals surface area contributed by atoms with Gasteiger partial charge in [-0.05, 0) is 49.5 Å². The summed E-state index contributed by atoms with van der Waals surface area (Å²) in [6, 6.07) is -3.92. The van der Waals surface area contributed by atoms with Gasteiger partial charge in [0.15, 0.2) is 24.2 Å². The SMILES string of the molecule is CC[C@H](C)[C@H](NC(=O)[C@@H](CCCN=C(N)N)NC(=O)[C@H](CC(C)C)NC(=O)C[C@H](O)C(C)C)C(=O)N[C@H](C(=O)NCC(=O)N[C@H](C(=O)N[C@@H](CO)C(=O)O[C@H](c1ccccc1)[C@H](N)C(N)=O)[C@H](O)C(N)=O)[C@H](C)O. The quantitative estimate of drug-likeness (QED) is 0.0135. The Morgan fingerprint density at radius 2 is 1.23 bits per heavy atom. The van der Waals surface area contributed by atoms with E-state index in [2.05, 4.69) is 31.6 Å². The van der Waals surface area contributed by atoms with E-state index in [4.69, 9.17) is 33.4 Å². The predicted octanol–water partition coefficient (Wildman–Crippen LogP) is -6.12. The summed E-state index contributed by atoms with van der Waals surface area (Å²) in [5.41, 5.74) is 27.5. The average molecular weight is 1050 g/mol. The zero-order valence-electron chi connectivity index (χ0n) is 42.7. The number of esters is 1. The second-order valence-corrected chi connectivity index (χ2v) is 18.4. The Morgan fingerprint density at radius 1 is 0.662 bits per heavy atom. The molecule has 1 aromatic carbocycles. The van der Waals surface area contributed by atoms with Crippen LogP contribution < -0.4 is 65.9 Å². The molecule has 28 heteroatoms. The summed E-state index contributed by atoms with van der Waals surface area (Å²) in [6.45, 7) is 9.33. The number of nitrogens with one attached hydrogen (secondary N) is 7. The minimum atomic E-state index is -2.47. The maximum atomic E-state index is 14.0. The molecule has 0 aliphatic rings. The summed E-state index contributed by atoms with van der Waals surface area (Å²) in [5, 5.41) is 57.7. The van der Waals surface area contributed by atoms with Crippen molar-refractivity contribution < 1.29 is 73.1 Å². The predicted molar refractivity (Wildman–Crippen MR) is 265 cm³/mol. The Balaban J connectivity index is 3.29. The van der Waals surface area contributed by atoms with Gasteiger partial charge in [0.2, 0.25) is 53.2 Å². The van der Waals surface area contributed by atoms with Gasteiger partial charge in [-0.2, -0.15) is 0 Å². The van der Waals surface area contributed by atoms with E-state index in [0.29, 0.717) is 0 Å². The molecule has 416 valence electrons. The van der Waals surface area contributed by atoms with Crippen LogP contribution in [0.1, 0.15) is 92.2 Å². The molecular formula is C46H77N13O15. The molecule has 28 nitrogen and oxygen atoms in total. The summed E-state index contributed by atoms with van der Waals surface area (Å²) < 4.78 is 5.32. The summed E-state index contributed by atoms with van der Waals surface area (Å²) in [6.07, 6.45) is -6.36. The summed E-state index contributed by atoms with van der Waals surface area (Å²) >= 11 is 0. The molecule has 0 saturated heterocycles. The van der Waals surface area contributed by atoms with Crippen LogP contribution in [-0.4, -0.2) is 166 Å². The number of nitrogens with two attached hydrogens (primary N) is 5. The molecule has 0 aliphatic carbocycles. The van der Waals surface area contributed by atoms with Gasteiger partial charge in [-0.3, -0.25) is 48.1 Å². The Bertz CT molecular complexity index is 2090. The van der Waals surface area contributed by atoms with E-state index in [0.717, 1.165) is 6.92 Å². The van der Waals surface area contributed by atoms with Gasteiger partial charge >= 0.3 is 5.97 Å². The van der Waals surface area contributed by atoms with E-state index in [1.165, 1.54) is 24.3 Å². The first-order valence-corrected chi connectivity index (χ1v) is 23.9. The molecule has 1 rings (SSSR count). The number of aliphatic hydroxyl groups excluding tert-OH is 4. The number of amides is 9. The van der Waals surface area contributed by atoms with Crippen molar-refractivity contribution in [2.24, 2.45) is 51.4 Å². The molecule has 74 heavy (non-hydrogen) atoms. The monoisotopic (exact) mass is 1050 g/mol. The summed E-state index contributed by atoms with van der Waals surface area (Å²) in [4.78, 5) is 135. The zero-order valence-corrected chi connectivity index (χ0v) is 42.7. The normalized spacial score (nSPS) is 16.1. The molecule has 0 heterocycles. The van der Waals surface area contributed by atoms with E-state index in [9.17, 15) is 68.4 Å². The van der Waals surface area contributed by atoms with Crippen LogP contribution in [-0.2, 0) is 52.7 Å². The summed E-state index contributed by atoms with van der Waals surface area (Å²) in [5.74, 6) is -12.3. The van der Waals surface area contributed by atoms with Crippen molar-refractivity contribution in [3.63, 3.8) is 0 Å². The Hall–Kier alpha value is -7.01. The number of benzene rings is 1. The highest BCUT2D eigenvalue weighted by Gasteiger charge is 2.38. The third-order valence-electron chi connectivity index (χ3n) is 11.4. The molecule has 1 aromatic rings. The fourth-order valence-electron chi connectivity index (χ4n) is 6.77. The van der Waals surface area contributed by atoms with Crippen molar-refractivity contribution >= 4 is 65.1 Å². The van der Waals surface area contributed by atoms with Gasteiger partial charge in [-0.15, -0.1) is 0 Å². The number of carbonyl (C=O) groups excluding carboxylic acids is 10. The topological polar surface area (TPSA) is 488 Å². The average Bonchev–Trinajstić information content (AvgIpc) is 3.33.